The van der Waals surface area contributed by atoms with Gasteiger partial charge in [0.2, 0.25) is 5.95 Å². The van der Waals surface area contributed by atoms with E-state index in [0.717, 1.165) is 12.1 Å². The molecule has 0 spiro atoms. The molecule has 12 nitrogen and oxygen atoms in total. The van der Waals surface area contributed by atoms with Gasteiger partial charge in [0.05, 0.1) is 22.5 Å². The quantitative estimate of drug-likeness (QED) is 0.125. The minimum absolute atomic E-state index is 0.0918. The molecule has 16 heteroatoms. The minimum atomic E-state index is -4.66. The van der Waals surface area contributed by atoms with Gasteiger partial charge >= 0.3 is 12.2 Å². The summed E-state index contributed by atoms with van der Waals surface area (Å²) in [5.74, 6) is 1.07. The number of aromatic amines is 1. The highest BCUT2D eigenvalue weighted by Crippen LogP contribution is 2.36. The minimum Gasteiger partial charge on any atom is -0.382 e. The number of nitrogen functional groups attached to an aromatic ring is 1. The zero-order chi connectivity index (χ0) is 27.4. The highest BCUT2D eigenvalue weighted by atomic mass is 35.5. The Labute approximate surface area is 217 Å². The molecule has 38 heavy (non-hydrogen) atoms. The summed E-state index contributed by atoms with van der Waals surface area (Å²) >= 11 is 5.59. The monoisotopic (exact) mass is 545 g/mol. The summed E-state index contributed by atoms with van der Waals surface area (Å²) in [6, 6.07) is 8.56. The topological polar surface area (TPSA) is 182 Å². The number of benzene rings is 1. The van der Waals surface area contributed by atoms with Crippen molar-refractivity contribution in [3.8, 4) is 0 Å². The lowest BCUT2D eigenvalue weighted by Crippen LogP contribution is -2.20. The molecule has 0 saturated carbocycles. The Kier molecular flexibility index (Phi) is 7.29. The lowest BCUT2D eigenvalue weighted by atomic mass is 10.2. The zero-order valence-electron chi connectivity index (χ0n) is 19.4. The number of nitrogens with two attached hydrogens (primary N) is 1. The summed E-state index contributed by atoms with van der Waals surface area (Å²) in [6.07, 6.45) is -3.25. The Hall–Kier alpha value is -4.92. The third kappa shape index (κ3) is 6.64. The van der Waals surface area contributed by atoms with Gasteiger partial charge in [-0.2, -0.15) is 23.3 Å². The van der Waals surface area contributed by atoms with Gasteiger partial charge in [0.1, 0.15) is 23.2 Å². The Bertz CT molecular complexity index is 1490. The summed E-state index contributed by atoms with van der Waals surface area (Å²) < 4.78 is 39.1. The molecule has 0 radical (unpaired) electrons. The van der Waals surface area contributed by atoms with E-state index in [0.29, 0.717) is 28.7 Å². The van der Waals surface area contributed by atoms with E-state index in [4.69, 9.17) is 22.7 Å². The van der Waals surface area contributed by atoms with Crippen LogP contribution in [0, 0.1) is 12.3 Å². The number of hydrogen-bond acceptors (Lipinski definition) is 8. The molecule has 4 rings (SSSR count). The number of hydrogen-bond donors (Lipinski definition) is 7. The Morgan fingerprint density at radius 2 is 1.76 bits per heavy atom. The first-order valence-corrected chi connectivity index (χ1v) is 11.0. The van der Waals surface area contributed by atoms with Gasteiger partial charge in [0.15, 0.2) is 5.82 Å². The summed E-state index contributed by atoms with van der Waals surface area (Å²) in [7, 11) is 0. The molecule has 196 valence electrons. The molecule has 0 atom stereocenters. The Morgan fingerprint density at radius 3 is 2.42 bits per heavy atom. The fourth-order valence-corrected chi connectivity index (χ4v) is 3.34. The van der Waals surface area contributed by atoms with Crippen molar-refractivity contribution in [3.05, 3.63) is 70.6 Å². The van der Waals surface area contributed by atoms with Crippen molar-refractivity contribution in [2.45, 2.75) is 13.1 Å². The SMILES string of the molecule is Cc1cc(Nc2cc(C(=N)N)[nH]n2)nc(Nc2ccc(NC(=O)Nc3ccc(Cl)c(C(F)(F)F)c3)nc2)n1. The largest absolute Gasteiger partial charge is 0.417 e. The number of alkyl halides is 3. The van der Waals surface area contributed by atoms with E-state index in [9.17, 15) is 18.0 Å². The van der Waals surface area contributed by atoms with Crippen LogP contribution in [0.15, 0.2) is 48.7 Å². The van der Waals surface area contributed by atoms with E-state index >= 15 is 0 Å². The lowest BCUT2D eigenvalue weighted by Gasteiger charge is -2.12. The van der Waals surface area contributed by atoms with Crippen molar-refractivity contribution >= 4 is 58.2 Å². The number of anilines is 6. The van der Waals surface area contributed by atoms with Crippen LogP contribution in [0.1, 0.15) is 17.0 Å². The van der Waals surface area contributed by atoms with E-state index in [1.165, 1.54) is 18.3 Å². The number of halogens is 4. The fourth-order valence-electron chi connectivity index (χ4n) is 3.11. The van der Waals surface area contributed by atoms with Crippen LogP contribution in [-0.4, -0.2) is 37.0 Å². The number of amidine groups is 1. The fraction of sp³-hybridized carbons (Fsp3) is 0.0909. The van der Waals surface area contributed by atoms with Crippen molar-refractivity contribution in [3.63, 3.8) is 0 Å². The molecule has 0 saturated heterocycles. The molecule has 0 unspecified atom stereocenters. The molecule has 4 aromatic rings. The summed E-state index contributed by atoms with van der Waals surface area (Å²) in [5, 5.41) is 24.3. The van der Waals surface area contributed by atoms with Crippen molar-refractivity contribution < 1.29 is 18.0 Å². The average molecular weight is 546 g/mol. The third-order valence-corrected chi connectivity index (χ3v) is 5.10. The second-order valence-corrected chi connectivity index (χ2v) is 8.16. The van der Waals surface area contributed by atoms with Crippen LogP contribution >= 0.6 is 11.6 Å². The number of amides is 2. The van der Waals surface area contributed by atoms with Gasteiger partial charge < -0.3 is 21.7 Å². The molecule has 0 aliphatic heterocycles. The summed E-state index contributed by atoms with van der Waals surface area (Å²) in [6.45, 7) is 1.77. The van der Waals surface area contributed by atoms with E-state index in [1.54, 1.807) is 25.1 Å². The van der Waals surface area contributed by atoms with Crippen molar-refractivity contribution in [1.29, 1.82) is 5.41 Å². The molecular formula is C22H19ClF3N11O. The first-order chi connectivity index (χ1) is 18.0. The second-order valence-electron chi connectivity index (χ2n) is 7.75. The summed E-state index contributed by atoms with van der Waals surface area (Å²) in [4.78, 5) is 25.0. The predicted molar refractivity (Wildman–Crippen MR) is 136 cm³/mol. The lowest BCUT2D eigenvalue weighted by molar-refractivity contribution is -0.137. The number of nitrogens with one attached hydrogen (secondary N) is 6. The van der Waals surface area contributed by atoms with Gasteiger partial charge in [-0.05, 0) is 37.3 Å². The van der Waals surface area contributed by atoms with E-state index in [-0.39, 0.29) is 23.3 Å². The molecule has 1 aromatic carbocycles. The highest BCUT2D eigenvalue weighted by Gasteiger charge is 2.33. The van der Waals surface area contributed by atoms with Crippen LogP contribution < -0.4 is 27.0 Å². The van der Waals surface area contributed by atoms with Crippen LogP contribution in [0.2, 0.25) is 5.02 Å². The zero-order valence-corrected chi connectivity index (χ0v) is 20.2. The maximum Gasteiger partial charge on any atom is 0.417 e. The van der Waals surface area contributed by atoms with Gasteiger partial charge in [-0.3, -0.25) is 15.8 Å². The van der Waals surface area contributed by atoms with Crippen LogP contribution in [0.25, 0.3) is 0 Å². The summed E-state index contributed by atoms with van der Waals surface area (Å²) in [5.41, 5.74) is 5.77. The van der Waals surface area contributed by atoms with Gasteiger partial charge in [-0.15, -0.1) is 0 Å². The second kappa shape index (κ2) is 10.6. The number of H-pyrrole nitrogens is 1. The number of pyridine rings is 1. The van der Waals surface area contributed by atoms with E-state index < -0.39 is 22.8 Å². The van der Waals surface area contributed by atoms with Crippen molar-refractivity contribution in [2.75, 3.05) is 21.3 Å². The van der Waals surface area contributed by atoms with Crippen LogP contribution in [0.4, 0.5) is 52.7 Å². The first-order valence-electron chi connectivity index (χ1n) is 10.7. The normalized spacial score (nSPS) is 11.1. The van der Waals surface area contributed by atoms with Gasteiger partial charge in [-0.1, -0.05) is 11.6 Å². The molecule has 0 aliphatic rings. The van der Waals surface area contributed by atoms with Crippen molar-refractivity contribution in [1.82, 2.24) is 25.1 Å². The molecule has 8 N–H and O–H groups in total. The molecule has 0 bridgehead atoms. The smallest absolute Gasteiger partial charge is 0.382 e. The number of nitrogens with zero attached hydrogens (tertiary/aromatic N) is 4. The Balaban J connectivity index is 1.38. The van der Waals surface area contributed by atoms with Gasteiger partial charge in [0.25, 0.3) is 0 Å². The number of aryl methyl sites for hydroxylation is 1. The molecule has 3 aromatic heterocycles. The third-order valence-electron chi connectivity index (χ3n) is 4.77. The maximum absolute atomic E-state index is 13.0. The number of carbonyl (C=O) groups is 1. The Morgan fingerprint density at radius 1 is 1.00 bits per heavy atom. The number of aromatic nitrogens is 5. The number of rotatable bonds is 7. The van der Waals surface area contributed by atoms with Gasteiger partial charge in [0, 0.05) is 23.5 Å². The van der Waals surface area contributed by atoms with Crippen LogP contribution in [-0.2, 0) is 6.18 Å². The first kappa shape index (κ1) is 26.2. The standard InChI is InChI=1S/C22H19ClF3N11O/c1-10-6-17(33-18-8-15(19(27)28)36-37-18)34-20(30-10)31-12-3-5-16(29-9-12)35-21(38)32-11-2-4-14(23)13(7-11)22(24,25)26/h2-9H,1H3,(H3,27,28)(H2,29,32,35,38)(H3,30,31,33,34,36,37). The van der Waals surface area contributed by atoms with Crippen LogP contribution in [0.5, 0.6) is 0 Å². The van der Waals surface area contributed by atoms with Gasteiger partial charge in [-0.25, -0.2) is 14.8 Å². The molecule has 0 fully saturated rings. The maximum atomic E-state index is 13.0. The predicted octanol–water partition coefficient (Wildman–Crippen LogP) is 4.99. The molecular weight excluding hydrogens is 527 g/mol. The molecule has 3 heterocycles. The van der Waals surface area contributed by atoms with E-state index in [2.05, 4.69) is 46.4 Å². The van der Waals surface area contributed by atoms with Crippen molar-refractivity contribution in [2.24, 2.45) is 5.73 Å². The number of carbonyl (C=O) groups excluding carboxylic acids is 1. The average Bonchev–Trinajstić information content (AvgIpc) is 3.29. The molecule has 0 aliphatic carbocycles. The molecule has 2 amide bonds. The van der Waals surface area contributed by atoms with E-state index in [1.807, 2.05) is 0 Å². The highest BCUT2D eigenvalue weighted by molar-refractivity contribution is 6.31. The van der Waals surface area contributed by atoms with Crippen LogP contribution in [0.3, 0.4) is 0 Å². The number of urea groups is 1.